The summed E-state index contributed by atoms with van der Waals surface area (Å²) in [5.41, 5.74) is 2.67. The molecule has 1 saturated carbocycles. The molecule has 1 fully saturated rings. The molecule has 0 bridgehead atoms. The van der Waals surface area contributed by atoms with Crippen LogP contribution in [0, 0.1) is 0 Å². The van der Waals surface area contributed by atoms with Crippen LogP contribution in [0.1, 0.15) is 63.8 Å². The molecule has 1 heterocycles. The zero-order valence-electron chi connectivity index (χ0n) is 15.5. The Kier molecular flexibility index (Phi) is 4.42. The van der Waals surface area contributed by atoms with Crippen LogP contribution in [0.4, 0.5) is 0 Å². The number of hydrogen-bond donors (Lipinski definition) is 1. The van der Waals surface area contributed by atoms with Gasteiger partial charge in [0.15, 0.2) is 0 Å². The summed E-state index contributed by atoms with van der Waals surface area (Å²) in [5.74, 6) is 0. The zero-order valence-corrected chi connectivity index (χ0v) is 17.1. The van der Waals surface area contributed by atoms with Gasteiger partial charge >= 0.3 is 0 Å². The summed E-state index contributed by atoms with van der Waals surface area (Å²) in [6.07, 6.45) is 4.00. The Bertz CT molecular complexity index is 940. The molecule has 0 saturated heterocycles. The highest BCUT2D eigenvalue weighted by atomic mass is 32.2. The van der Waals surface area contributed by atoms with Gasteiger partial charge in [-0.1, -0.05) is 18.2 Å². The maximum absolute atomic E-state index is 13.1. The van der Waals surface area contributed by atoms with E-state index < -0.39 is 21.4 Å². The van der Waals surface area contributed by atoms with Crippen molar-refractivity contribution < 1.29 is 13.0 Å². The fourth-order valence-corrected chi connectivity index (χ4v) is 6.57. The highest BCUT2D eigenvalue weighted by Crippen LogP contribution is 2.42. The summed E-state index contributed by atoms with van der Waals surface area (Å²) in [7, 11) is -3.36. The van der Waals surface area contributed by atoms with Crippen LogP contribution in [0.2, 0.25) is 0 Å². The topological polar surface area (TPSA) is 74.2 Å². The minimum absolute atomic E-state index is 0.0839. The third-order valence-electron chi connectivity index (χ3n) is 5.23. The van der Waals surface area contributed by atoms with Crippen LogP contribution in [0.5, 0.6) is 0 Å². The van der Waals surface area contributed by atoms with Gasteiger partial charge in [-0.25, -0.2) is 12.4 Å². The van der Waals surface area contributed by atoms with Crippen molar-refractivity contribution in [3.8, 4) is 0 Å². The second-order valence-corrected chi connectivity index (χ2v) is 12.4. The largest absolute Gasteiger partial charge is 0.598 e. The quantitative estimate of drug-likeness (QED) is 0.807. The van der Waals surface area contributed by atoms with E-state index in [0.29, 0.717) is 0 Å². The van der Waals surface area contributed by atoms with Crippen LogP contribution < -0.4 is 4.72 Å². The van der Waals surface area contributed by atoms with Crippen molar-refractivity contribution in [1.82, 2.24) is 8.69 Å². The second-order valence-electron chi connectivity index (χ2n) is 8.33. The van der Waals surface area contributed by atoms with E-state index in [9.17, 15) is 13.0 Å². The predicted octanol–water partition coefficient (Wildman–Crippen LogP) is 3.41. The number of aromatic nitrogens is 1. The molecule has 142 valence electrons. The molecule has 0 spiro atoms. The van der Waals surface area contributed by atoms with Crippen LogP contribution in [-0.2, 0) is 27.8 Å². The lowest BCUT2D eigenvalue weighted by molar-refractivity contribution is 0.488. The van der Waals surface area contributed by atoms with Gasteiger partial charge in [-0.15, -0.1) is 4.72 Å². The predicted molar refractivity (Wildman–Crippen MR) is 106 cm³/mol. The first kappa shape index (κ1) is 18.3. The first-order chi connectivity index (χ1) is 12.2. The molecule has 0 amide bonds. The van der Waals surface area contributed by atoms with Gasteiger partial charge in [-0.2, -0.15) is 0 Å². The van der Waals surface area contributed by atoms with Gasteiger partial charge in [0.2, 0.25) is 10.0 Å². The molecule has 0 unspecified atom stereocenters. The normalized spacial score (nSPS) is 22.4. The molecule has 1 aromatic heterocycles. The Morgan fingerprint density at radius 2 is 1.88 bits per heavy atom. The summed E-state index contributed by atoms with van der Waals surface area (Å²) in [6.45, 7) is 5.84. The lowest BCUT2D eigenvalue weighted by Gasteiger charge is -2.30. The van der Waals surface area contributed by atoms with Crippen LogP contribution in [-0.4, -0.2) is 26.9 Å². The molecular formula is C19H26N2O3S2. The van der Waals surface area contributed by atoms with Crippen LogP contribution in [0.15, 0.2) is 24.3 Å². The Hall–Kier alpha value is -1.02. The van der Waals surface area contributed by atoms with Crippen molar-refractivity contribution in [2.24, 2.45) is 0 Å². The van der Waals surface area contributed by atoms with Gasteiger partial charge in [-0.3, -0.25) is 0 Å². The van der Waals surface area contributed by atoms with Crippen LogP contribution in [0.3, 0.4) is 0 Å². The highest BCUT2D eigenvalue weighted by Gasteiger charge is 2.42. The molecule has 1 N–H and O–H groups in total. The van der Waals surface area contributed by atoms with E-state index in [0.717, 1.165) is 54.3 Å². The maximum Gasteiger partial charge on any atom is 0.242 e. The summed E-state index contributed by atoms with van der Waals surface area (Å²) in [5, 5.41) is 0.717. The fourth-order valence-electron chi connectivity index (χ4n) is 3.76. The zero-order chi connectivity index (χ0) is 18.7. The molecule has 2 aliphatic carbocycles. The van der Waals surface area contributed by atoms with Crippen LogP contribution in [0.25, 0.3) is 10.9 Å². The van der Waals surface area contributed by atoms with Crippen molar-refractivity contribution in [1.29, 1.82) is 0 Å². The lowest BCUT2D eigenvalue weighted by Crippen LogP contribution is -2.42. The number of fused-ring (bicyclic) bond motifs is 3. The van der Waals surface area contributed by atoms with Crippen molar-refractivity contribution in [2.75, 3.05) is 0 Å². The van der Waals surface area contributed by atoms with Gasteiger partial charge in [0.1, 0.15) is 4.75 Å². The van der Waals surface area contributed by atoms with E-state index >= 15 is 0 Å². The summed E-state index contributed by atoms with van der Waals surface area (Å²) >= 11 is -1.20. The Morgan fingerprint density at radius 3 is 2.54 bits per heavy atom. The number of nitrogens with one attached hydrogen (secondary N) is 1. The molecule has 7 heteroatoms. The molecule has 1 aromatic carbocycles. The average Bonchev–Trinajstić information content (AvgIpc) is 3.36. The molecule has 2 aromatic rings. The summed E-state index contributed by atoms with van der Waals surface area (Å²) in [4.78, 5) is 0. The number of benzene rings is 1. The van der Waals surface area contributed by atoms with E-state index in [4.69, 9.17) is 0 Å². The fraction of sp³-hybridized carbons (Fsp3) is 0.579. The molecular weight excluding hydrogens is 368 g/mol. The van der Waals surface area contributed by atoms with E-state index in [-0.39, 0.29) is 16.0 Å². The highest BCUT2D eigenvalue weighted by molar-refractivity contribution is 7.91. The molecule has 26 heavy (non-hydrogen) atoms. The number of hydrogen-bond acceptors (Lipinski definition) is 4. The minimum atomic E-state index is -3.36. The molecule has 2 atom stereocenters. The lowest BCUT2D eigenvalue weighted by atomic mass is 9.91. The molecule has 5 nitrogen and oxygen atoms in total. The average molecular weight is 395 g/mol. The van der Waals surface area contributed by atoms with Gasteiger partial charge in [-0.05, 0) is 58.9 Å². The third kappa shape index (κ3) is 2.99. The monoisotopic (exact) mass is 394 g/mol. The first-order valence-electron chi connectivity index (χ1n) is 9.26. The number of rotatable bonds is 4. The number of para-hydroxylation sites is 1. The summed E-state index contributed by atoms with van der Waals surface area (Å²) < 4.78 is 43.4. The maximum atomic E-state index is 13.1. The van der Waals surface area contributed by atoms with Crippen LogP contribution >= 0.6 is 0 Å². The standard InChI is InChI=1S/C19H26N2O3S2/c1-19(2,3)25(22)20-15-8-6-10-17-18(15)14-7-4-5-9-16(14)21(17)26(23,24)13-11-12-13/h4-5,7,9,13,15,20H,6,8,10-12H2,1-3H3/t15-,25-/m1/s1. The van der Waals surface area contributed by atoms with E-state index in [1.54, 1.807) is 3.97 Å². The Labute approximate surface area is 158 Å². The van der Waals surface area contributed by atoms with Crippen molar-refractivity contribution in [2.45, 2.75) is 68.9 Å². The van der Waals surface area contributed by atoms with Gasteiger partial charge in [0, 0.05) is 28.0 Å². The molecule has 0 radical (unpaired) electrons. The Balaban J connectivity index is 1.87. The van der Waals surface area contributed by atoms with E-state index in [1.807, 2.05) is 45.0 Å². The molecule has 2 aliphatic rings. The van der Waals surface area contributed by atoms with Crippen molar-refractivity contribution in [3.05, 3.63) is 35.5 Å². The van der Waals surface area contributed by atoms with Gasteiger partial charge in [0.25, 0.3) is 0 Å². The van der Waals surface area contributed by atoms with E-state index in [2.05, 4.69) is 4.72 Å². The van der Waals surface area contributed by atoms with Crippen molar-refractivity contribution >= 4 is 32.3 Å². The molecule has 0 aliphatic heterocycles. The van der Waals surface area contributed by atoms with Gasteiger partial charge < -0.3 is 4.55 Å². The van der Waals surface area contributed by atoms with Crippen molar-refractivity contribution in [3.63, 3.8) is 0 Å². The minimum Gasteiger partial charge on any atom is -0.598 e. The second kappa shape index (κ2) is 6.26. The van der Waals surface area contributed by atoms with E-state index in [1.165, 1.54) is 0 Å². The van der Waals surface area contributed by atoms with Gasteiger partial charge in [0.05, 0.1) is 16.8 Å². The Morgan fingerprint density at radius 1 is 1.19 bits per heavy atom. The summed E-state index contributed by atoms with van der Waals surface area (Å²) in [6, 6.07) is 7.64. The SMILES string of the molecule is CC(C)(C)[S@@+]([O-])N[C@@H]1CCCc2c1c1ccccc1n2S(=O)(=O)C1CC1. The number of nitrogens with zero attached hydrogens (tertiary/aromatic N) is 1. The third-order valence-corrected chi connectivity index (χ3v) is 9.08. The smallest absolute Gasteiger partial charge is 0.242 e. The molecule has 4 rings (SSSR count). The first-order valence-corrected chi connectivity index (χ1v) is 11.9.